The number of rotatable bonds is 9. The second kappa shape index (κ2) is 11.8. The van der Waals surface area contributed by atoms with Crippen LogP contribution in [0.4, 0.5) is 5.13 Å². The average Bonchev–Trinajstić information content (AvgIpc) is 3.46. The summed E-state index contributed by atoms with van der Waals surface area (Å²) in [5.41, 5.74) is 0.726. The van der Waals surface area contributed by atoms with E-state index in [4.69, 9.17) is 19.2 Å². The number of fused-ring (bicyclic) bond motifs is 1. The average molecular weight is 498 g/mol. The van der Waals surface area contributed by atoms with Crippen molar-refractivity contribution in [2.24, 2.45) is 0 Å². The Morgan fingerprint density at radius 2 is 1.94 bits per heavy atom. The fraction of sp³-hybridized carbons (Fsp3) is 0.455. The molecule has 1 aromatic carbocycles. The van der Waals surface area contributed by atoms with Gasteiger partial charge < -0.3 is 14.2 Å². The molecule has 0 spiro atoms. The molecule has 0 N–H and O–H groups in total. The van der Waals surface area contributed by atoms with Crippen LogP contribution < -0.4 is 14.4 Å². The van der Waals surface area contributed by atoms with Crippen molar-refractivity contribution >= 4 is 56.3 Å². The van der Waals surface area contributed by atoms with E-state index >= 15 is 0 Å². The second-order valence-electron chi connectivity index (χ2n) is 7.25. The molecule has 1 amide bonds. The minimum absolute atomic E-state index is 0. The van der Waals surface area contributed by atoms with Crippen molar-refractivity contribution in [2.45, 2.75) is 12.8 Å². The van der Waals surface area contributed by atoms with Crippen molar-refractivity contribution in [3.63, 3.8) is 0 Å². The summed E-state index contributed by atoms with van der Waals surface area (Å²) in [6, 6.07) is 7.70. The molecule has 1 saturated heterocycles. The number of amides is 1. The zero-order chi connectivity index (χ0) is 21.6. The number of hydrogen-bond donors (Lipinski definition) is 0. The molecule has 0 atom stereocenters. The highest BCUT2D eigenvalue weighted by Crippen LogP contribution is 2.40. The number of morpholine rings is 1. The molecular weight excluding hydrogens is 470 g/mol. The number of aromatic nitrogens is 1. The lowest BCUT2D eigenvalue weighted by Crippen LogP contribution is -2.39. The van der Waals surface area contributed by atoms with Crippen LogP contribution in [0.15, 0.2) is 29.6 Å². The molecule has 0 unspecified atom stereocenters. The Morgan fingerprint density at radius 1 is 1.19 bits per heavy atom. The molecule has 3 heterocycles. The van der Waals surface area contributed by atoms with Gasteiger partial charge in [-0.1, -0.05) is 17.4 Å². The number of benzene rings is 1. The summed E-state index contributed by atoms with van der Waals surface area (Å²) in [6.07, 6.45) is 1.25. The maximum atomic E-state index is 13.3. The molecule has 0 aliphatic carbocycles. The van der Waals surface area contributed by atoms with Gasteiger partial charge in [-0.15, -0.1) is 23.7 Å². The first kappa shape index (κ1) is 24.7. The van der Waals surface area contributed by atoms with E-state index in [0.717, 1.165) is 60.1 Å². The lowest BCUT2D eigenvalue weighted by molar-refractivity contribution is -0.118. The van der Waals surface area contributed by atoms with Gasteiger partial charge in [0.25, 0.3) is 0 Å². The molecule has 1 fully saturated rings. The van der Waals surface area contributed by atoms with Crippen LogP contribution in [0.5, 0.6) is 11.5 Å². The van der Waals surface area contributed by atoms with Crippen molar-refractivity contribution < 1.29 is 19.0 Å². The molecule has 32 heavy (non-hydrogen) atoms. The van der Waals surface area contributed by atoms with Gasteiger partial charge in [-0.25, -0.2) is 4.98 Å². The highest BCUT2D eigenvalue weighted by atomic mass is 35.5. The van der Waals surface area contributed by atoms with E-state index in [0.29, 0.717) is 23.8 Å². The molecule has 0 bridgehead atoms. The standard InChI is InChI=1S/C22H27N3O4S2.ClH/c1-27-17-6-7-18(28-2)21-20(17)23-22(31-21)25(19(26)15-16-5-3-14-30-16)9-4-8-24-10-12-29-13-11-24;/h3,5-7,14H,4,8-13,15H2,1-2H3;1H. The number of carbonyl (C=O) groups is 1. The van der Waals surface area contributed by atoms with Crippen LogP contribution in [0, 0.1) is 0 Å². The van der Waals surface area contributed by atoms with E-state index in [9.17, 15) is 4.79 Å². The van der Waals surface area contributed by atoms with Crippen LogP contribution in [-0.2, 0) is 16.0 Å². The molecule has 7 nitrogen and oxygen atoms in total. The van der Waals surface area contributed by atoms with Gasteiger partial charge in [-0.05, 0) is 30.0 Å². The van der Waals surface area contributed by atoms with Gasteiger partial charge >= 0.3 is 0 Å². The third kappa shape index (κ3) is 5.71. The molecule has 2 aromatic heterocycles. The van der Waals surface area contributed by atoms with Gasteiger partial charge in [-0.2, -0.15) is 0 Å². The molecule has 1 aliphatic heterocycles. The Balaban J connectivity index is 0.00000289. The third-order valence-electron chi connectivity index (χ3n) is 5.30. The minimum Gasteiger partial charge on any atom is -0.495 e. The van der Waals surface area contributed by atoms with Crippen molar-refractivity contribution in [2.75, 3.05) is 58.5 Å². The number of carbonyl (C=O) groups excluding carboxylic acids is 1. The maximum Gasteiger partial charge on any atom is 0.234 e. The van der Waals surface area contributed by atoms with E-state index in [1.54, 1.807) is 25.6 Å². The maximum absolute atomic E-state index is 13.3. The lowest BCUT2D eigenvalue weighted by Gasteiger charge is -2.27. The Morgan fingerprint density at radius 3 is 2.62 bits per heavy atom. The van der Waals surface area contributed by atoms with E-state index < -0.39 is 0 Å². The zero-order valence-corrected chi connectivity index (χ0v) is 20.7. The number of hydrogen-bond acceptors (Lipinski definition) is 8. The lowest BCUT2D eigenvalue weighted by atomic mass is 10.2. The van der Waals surface area contributed by atoms with Gasteiger partial charge in [-0.3, -0.25) is 14.6 Å². The number of ether oxygens (including phenoxy) is 3. The van der Waals surface area contributed by atoms with Crippen LogP contribution in [0.2, 0.25) is 0 Å². The second-order valence-corrected chi connectivity index (χ2v) is 9.26. The van der Waals surface area contributed by atoms with Crippen LogP contribution in [0.3, 0.4) is 0 Å². The molecule has 3 aromatic rings. The molecule has 174 valence electrons. The van der Waals surface area contributed by atoms with Crippen molar-refractivity contribution in [1.29, 1.82) is 0 Å². The van der Waals surface area contributed by atoms with Crippen LogP contribution in [-0.4, -0.2) is 69.4 Å². The summed E-state index contributed by atoms with van der Waals surface area (Å²) >= 11 is 3.07. The normalized spacial score (nSPS) is 14.2. The van der Waals surface area contributed by atoms with E-state index in [1.165, 1.54) is 11.3 Å². The smallest absolute Gasteiger partial charge is 0.234 e. The Hall–Kier alpha value is -1.91. The van der Waals surface area contributed by atoms with Gasteiger partial charge in [0.2, 0.25) is 5.91 Å². The summed E-state index contributed by atoms with van der Waals surface area (Å²) in [5.74, 6) is 1.47. The van der Waals surface area contributed by atoms with E-state index in [2.05, 4.69) is 4.90 Å². The monoisotopic (exact) mass is 497 g/mol. The SMILES string of the molecule is COc1ccc(OC)c2sc(N(CCCN3CCOCC3)C(=O)Cc3cccs3)nc12.Cl. The number of anilines is 1. The predicted octanol–water partition coefficient (Wildman–Crippen LogP) is 4.09. The van der Waals surface area contributed by atoms with Gasteiger partial charge in [0.1, 0.15) is 21.7 Å². The van der Waals surface area contributed by atoms with Gasteiger partial charge in [0.05, 0.1) is 33.9 Å². The first-order chi connectivity index (χ1) is 15.2. The third-order valence-corrected chi connectivity index (χ3v) is 7.27. The first-order valence-electron chi connectivity index (χ1n) is 10.3. The van der Waals surface area contributed by atoms with Gasteiger partial charge in [0.15, 0.2) is 5.13 Å². The van der Waals surface area contributed by atoms with Crippen molar-refractivity contribution in [3.05, 3.63) is 34.5 Å². The van der Waals surface area contributed by atoms with Crippen molar-refractivity contribution in [3.8, 4) is 11.5 Å². The Labute approximate surface area is 202 Å². The van der Waals surface area contributed by atoms with Crippen LogP contribution in [0.1, 0.15) is 11.3 Å². The largest absolute Gasteiger partial charge is 0.495 e. The molecular formula is C22H28ClN3O4S2. The van der Waals surface area contributed by atoms with Crippen LogP contribution in [0.25, 0.3) is 10.2 Å². The molecule has 0 radical (unpaired) electrons. The molecule has 4 rings (SSSR count). The number of thiophene rings is 1. The predicted molar refractivity (Wildman–Crippen MR) is 132 cm³/mol. The molecule has 10 heteroatoms. The summed E-state index contributed by atoms with van der Waals surface area (Å²) in [7, 11) is 3.27. The van der Waals surface area contributed by atoms with E-state index in [-0.39, 0.29) is 18.3 Å². The van der Waals surface area contributed by atoms with Crippen molar-refractivity contribution in [1.82, 2.24) is 9.88 Å². The first-order valence-corrected chi connectivity index (χ1v) is 12.0. The minimum atomic E-state index is 0. The fourth-order valence-electron chi connectivity index (χ4n) is 3.65. The summed E-state index contributed by atoms with van der Waals surface area (Å²) in [6.45, 7) is 4.99. The molecule has 0 saturated carbocycles. The number of methoxy groups -OCH3 is 2. The quantitative estimate of drug-likeness (QED) is 0.443. The Bertz CT molecular complexity index is 965. The summed E-state index contributed by atoms with van der Waals surface area (Å²) in [5, 5.41) is 2.68. The number of halogens is 1. The highest BCUT2D eigenvalue weighted by Gasteiger charge is 2.23. The van der Waals surface area contributed by atoms with Crippen LogP contribution >= 0.6 is 35.1 Å². The number of thiazole rings is 1. The highest BCUT2D eigenvalue weighted by molar-refractivity contribution is 7.22. The fourth-order valence-corrected chi connectivity index (χ4v) is 5.47. The topological polar surface area (TPSA) is 64.1 Å². The van der Waals surface area contributed by atoms with Gasteiger partial charge in [0, 0.05) is 31.1 Å². The zero-order valence-electron chi connectivity index (χ0n) is 18.2. The Kier molecular flexibility index (Phi) is 9.12. The van der Waals surface area contributed by atoms with E-state index in [1.807, 2.05) is 34.5 Å². The molecule has 1 aliphatic rings. The summed E-state index contributed by atoms with van der Waals surface area (Å²) in [4.78, 5) is 23.3. The summed E-state index contributed by atoms with van der Waals surface area (Å²) < 4.78 is 17.3. The number of nitrogens with zero attached hydrogens (tertiary/aromatic N) is 3.